The molecule has 23 heavy (non-hydrogen) atoms. The minimum absolute atomic E-state index is 0.0265. The summed E-state index contributed by atoms with van der Waals surface area (Å²) in [6, 6.07) is 7.41. The molecule has 0 radical (unpaired) electrons. The molecule has 3 rings (SSSR count). The lowest BCUT2D eigenvalue weighted by Gasteiger charge is -2.32. The van der Waals surface area contributed by atoms with Crippen LogP contribution in [0.4, 0.5) is 5.69 Å². The van der Waals surface area contributed by atoms with E-state index in [0.29, 0.717) is 18.9 Å². The molecule has 2 amide bonds. The fourth-order valence-corrected chi connectivity index (χ4v) is 3.53. The van der Waals surface area contributed by atoms with Crippen molar-refractivity contribution in [3.05, 3.63) is 24.3 Å². The first kappa shape index (κ1) is 15.8. The molecule has 2 fully saturated rings. The summed E-state index contributed by atoms with van der Waals surface area (Å²) in [6.45, 7) is 4.32. The number of piperidine rings is 1. The van der Waals surface area contributed by atoms with Crippen LogP contribution in [0.1, 0.15) is 26.2 Å². The average Bonchev–Trinajstić information content (AvgIpc) is 2.96. The van der Waals surface area contributed by atoms with E-state index in [1.165, 1.54) is 6.42 Å². The number of amides is 2. The number of nitrogens with zero attached hydrogens (tertiary/aromatic N) is 2. The summed E-state index contributed by atoms with van der Waals surface area (Å²) in [5.74, 6) is 1.27. The maximum Gasteiger partial charge on any atom is 0.228 e. The second-order valence-electron chi connectivity index (χ2n) is 6.64. The Bertz CT molecular complexity index is 584. The number of carbonyl (C=O) groups excluding carboxylic acids is 2. The second kappa shape index (κ2) is 6.60. The van der Waals surface area contributed by atoms with Crippen LogP contribution in [0.3, 0.4) is 0 Å². The van der Waals surface area contributed by atoms with E-state index >= 15 is 0 Å². The lowest BCUT2D eigenvalue weighted by Crippen LogP contribution is -2.43. The lowest BCUT2D eigenvalue weighted by atomic mass is 9.98. The Morgan fingerprint density at radius 2 is 1.96 bits per heavy atom. The Morgan fingerprint density at radius 1 is 1.22 bits per heavy atom. The van der Waals surface area contributed by atoms with Crippen molar-refractivity contribution in [3.8, 4) is 5.75 Å². The van der Waals surface area contributed by atoms with Crippen molar-refractivity contribution in [2.24, 2.45) is 11.8 Å². The third kappa shape index (κ3) is 3.33. The van der Waals surface area contributed by atoms with Gasteiger partial charge in [-0.25, -0.2) is 0 Å². The minimum Gasteiger partial charge on any atom is -0.497 e. The molecule has 5 nitrogen and oxygen atoms in total. The van der Waals surface area contributed by atoms with Crippen LogP contribution >= 0.6 is 0 Å². The highest BCUT2D eigenvalue weighted by Gasteiger charge is 2.37. The van der Waals surface area contributed by atoms with Crippen LogP contribution in [0.2, 0.25) is 0 Å². The molecule has 1 aromatic rings. The van der Waals surface area contributed by atoms with Gasteiger partial charge in [0.05, 0.1) is 13.0 Å². The van der Waals surface area contributed by atoms with Gasteiger partial charge in [-0.1, -0.05) is 6.92 Å². The summed E-state index contributed by atoms with van der Waals surface area (Å²) < 4.78 is 5.14. The summed E-state index contributed by atoms with van der Waals surface area (Å²) in [4.78, 5) is 28.7. The highest BCUT2D eigenvalue weighted by atomic mass is 16.5. The van der Waals surface area contributed by atoms with E-state index in [2.05, 4.69) is 6.92 Å². The van der Waals surface area contributed by atoms with Gasteiger partial charge >= 0.3 is 0 Å². The normalized spacial score (nSPS) is 24.9. The Hall–Kier alpha value is -2.04. The van der Waals surface area contributed by atoms with Gasteiger partial charge in [-0.15, -0.1) is 0 Å². The van der Waals surface area contributed by atoms with Crippen LogP contribution in [0.25, 0.3) is 0 Å². The van der Waals surface area contributed by atoms with Gasteiger partial charge in [0.1, 0.15) is 5.75 Å². The van der Waals surface area contributed by atoms with E-state index in [4.69, 9.17) is 4.74 Å². The summed E-state index contributed by atoms with van der Waals surface area (Å²) >= 11 is 0. The quantitative estimate of drug-likeness (QED) is 0.860. The lowest BCUT2D eigenvalue weighted by molar-refractivity contribution is -0.137. The molecule has 0 aliphatic carbocycles. The maximum atomic E-state index is 12.7. The summed E-state index contributed by atoms with van der Waals surface area (Å²) in [5.41, 5.74) is 0.832. The molecule has 2 heterocycles. The first-order valence-electron chi connectivity index (χ1n) is 8.31. The Morgan fingerprint density at radius 3 is 2.61 bits per heavy atom. The number of hydrogen-bond acceptors (Lipinski definition) is 3. The number of hydrogen-bond donors (Lipinski definition) is 0. The number of carbonyl (C=O) groups is 2. The molecule has 2 aliphatic heterocycles. The van der Waals surface area contributed by atoms with Crippen molar-refractivity contribution in [3.63, 3.8) is 0 Å². The van der Waals surface area contributed by atoms with E-state index in [9.17, 15) is 9.59 Å². The Balaban J connectivity index is 1.67. The summed E-state index contributed by atoms with van der Waals surface area (Å²) in [7, 11) is 1.62. The first-order chi connectivity index (χ1) is 11.1. The highest BCUT2D eigenvalue weighted by molar-refractivity contribution is 6.00. The highest BCUT2D eigenvalue weighted by Crippen LogP contribution is 2.29. The smallest absolute Gasteiger partial charge is 0.228 e. The van der Waals surface area contributed by atoms with Crippen molar-refractivity contribution in [1.29, 1.82) is 0 Å². The molecular formula is C18H24N2O3. The fourth-order valence-electron chi connectivity index (χ4n) is 3.53. The van der Waals surface area contributed by atoms with Gasteiger partial charge < -0.3 is 14.5 Å². The molecule has 124 valence electrons. The minimum atomic E-state index is -0.213. The Kier molecular flexibility index (Phi) is 4.55. The third-order valence-corrected chi connectivity index (χ3v) is 4.83. The van der Waals surface area contributed by atoms with Crippen LogP contribution in [0.5, 0.6) is 5.75 Å². The van der Waals surface area contributed by atoms with Crippen LogP contribution in [-0.2, 0) is 9.59 Å². The van der Waals surface area contributed by atoms with E-state index < -0.39 is 0 Å². The maximum absolute atomic E-state index is 12.7. The van der Waals surface area contributed by atoms with Crippen molar-refractivity contribution < 1.29 is 14.3 Å². The van der Waals surface area contributed by atoms with Crippen LogP contribution in [0, 0.1) is 11.8 Å². The average molecular weight is 316 g/mol. The van der Waals surface area contributed by atoms with Gasteiger partial charge in [-0.2, -0.15) is 0 Å². The monoisotopic (exact) mass is 316 g/mol. The standard InChI is InChI=1S/C18H24N2O3/c1-13-4-3-9-19(11-13)18(22)14-10-17(21)20(12-14)15-5-7-16(23-2)8-6-15/h5-8,13-14H,3-4,9-12H2,1-2H3/t13-,14-/m0/s1. The number of likely N-dealkylation sites (tertiary alicyclic amines) is 1. The van der Waals surface area contributed by atoms with E-state index in [-0.39, 0.29) is 17.7 Å². The number of benzene rings is 1. The van der Waals surface area contributed by atoms with Crippen molar-refractivity contribution in [1.82, 2.24) is 4.90 Å². The van der Waals surface area contributed by atoms with Gasteiger partial charge in [0, 0.05) is 31.7 Å². The number of methoxy groups -OCH3 is 1. The number of ether oxygens (including phenoxy) is 1. The van der Waals surface area contributed by atoms with Gasteiger partial charge in [-0.3, -0.25) is 9.59 Å². The van der Waals surface area contributed by atoms with Crippen molar-refractivity contribution in [2.45, 2.75) is 26.2 Å². The predicted molar refractivity (Wildman–Crippen MR) is 88.4 cm³/mol. The van der Waals surface area contributed by atoms with Crippen molar-refractivity contribution >= 4 is 17.5 Å². The summed E-state index contributed by atoms with van der Waals surface area (Å²) in [5, 5.41) is 0. The number of rotatable bonds is 3. The van der Waals surface area contributed by atoms with Crippen LogP contribution in [0.15, 0.2) is 24.3 Å². The van der Waals surface area contributed by atoms with Crippen molar-refractivity contribution in [2.75, 3.05) is 31.6 Å². The molecule has 2 aliphatic rings. The zero-order valence-electron chi connectivity index (χ0n) is 13.8. The molecule has 0 unspecified atom stereocenters. The zero-order chi connectivity index (χ0) is 16.4. The summed E-state index contributed by atoms with van der Waals surface area (Å²) in [6.07, 6.45) is 2.57. The largest absolute Gasteiger partial charge is 0.497 e. The van der Waals surface area contributed by atoms with Gasteiger partial charge in [0.2, 0.25) is 11.8 Å². The molecule has 0 saturated carbocycles. The van der Waals surface area contributed by atoms with E-state index in [1.54, 1.807) is 12.0 Å². The molecule has 2 atom stereocenters. The van der Waals surface area contributed by atoms with E-state index in [1.807, 2.05) is 29.2 Å². The molecule has 0 aromatic heterocycles. The molecule has 5 heteroatoms. The topological polar surface area (TPSA) is 49.9 Å². The third-order valence-electron chi connectivity index (χ3n) is 4.83. The zero-order valence-corrected chi connectivity index (χ0v) is 13.8. The molecule has 0 bridgehead atoms. The fraction of sp³-hybridized carbons (Fsp3) is 0.556. The Labute approximate surface area is 137 Å². The van der Waals surface area contributed by atoms with Gasteiger partial charge in [0.25, 0.3) is 0 Å². The SMILES string of the molecule is COc1ccc(N2C[C@@H](C(=O)N3CCC[C@H](C)C3)CC2=O)cc1. The van der Waals surface area contributed by atoms with Crippen LogP contribution in [-0.4, -0.2) is 43.5 Å². The molecule has 1 aromatic carbocycles. The van der Waals surface area contributed by atoms with Gasteiger partial charge in [0.15, 0.2) is 0 Å². The number of anilines is 1. The van der Waals surface area contributed by atoms with Crippen LogP contribution < -0.4 is 9.64 Å². The molecular weight excluding hydrogens is 292 g/mol. The molecule has 0 N–H and O–H groups in total. The second-order valence-corrected chi connectivity index (χ2v) is 6.64. The predicted octanol–water partition coefficient (Wildman–Crippen LogP) is 2.31. The van der Waals surface area contributed by atoms with Gasteiger partial charge in [-0.05, 0) is 43.0 Å². The first-order valence-corrected chi connectivity index (χ1v) is 8.31. The van der Waals surface area contributed by atoms with E-state index in [0.717, 1.165) is 30.9 Å². The molecule has 0 spiro atoms. The molecule has 2 saturated heterocycles.